The normalized spacial score (nSPS) is 11.1. The topological polar surface area (TPSA) is 73.0 Å². The first kappa shape index (κ1) is 16.6. The first-order valence-electron chi connectivity index (χ1n) is 7.86. The largest absolute Gasteiger partial charge is 0.444 e. The zero-order chi connectivity index (χ0) is 17.1. The molecule has 2 heterocycles. The number of nitrogens with zero attached hydrogens (tertiary/aromatic N) is 3. The highest BCUT2D eigenvalue weighted by molar-refractivity contribution is 7.99. The SMILES string of the molecule is CCn1c(SCC(=O)NCc2nc(C)c(C)o2)nc2ccccc21. The first-order chi connectivity index (χ1) is 11.6. The van der Waals surface area contributed by atoms with Crippen LogP contribution in [0.2, 0.25) is 0 Å². The lowest BCUT2D eigenvalue weighted by molar-refractivity contribution is -0.118. The molecule has 0 radical (unpaired) electrons. The fourth-order valence-corrected chi connectivity index (χ4v) is 3.35. The van der Waals surface area contributed by atoms with Crippen molar-refractivity contribution in [1.29, 1.82) is 0 Å². The predicted molar refractivity (Wildman–Crippen MR) is 94.0 cm³/mol. The number of oxazole rings is 1. The molecular weight excluding hydrogens is 324 g/mol. The van der Waals surface area contributed by atoms with Crippen LogP contribution in [-0.2, 0) is 17.9 Å². The molecule has 1 amide bonds. The molecule has 3 rings (SSSR count). The average molecular weight is 344 g/mol. The quantitative estimate of drug-likeness (QED) is 0.696. The standard InChI is InChI=1S/C17H20N4O2S/c1-4-21-14-8-6-5-7-13(14)20-17(21)24-10-15(22)18-9-16-19-11(2)12(3)23-16/h5-8H,4,9-10H2,1-3H3,(H,18,22). The summed E-state index contributed by atoms with van der Waals surface area (Å²) in [6.45, 7) is 6.94. The van der Waals surface area contributed by atoms with Crippen LogP contribution in [0.1, 0.15) is 24.3 Å². The van der Waals surface area contributed by atoms with Crippen molar-refractivity contribution in [3.8, 4) is 0 Å². The van der Waals surface area contributed by atoms with Crippen LogP contribution >= 0.6 is 11.8 Å². The van der Waals surface area contributed by atoms with E-state index in [9.17, 15) is 4.79 Å². The molecule has 0 aliphatic rings. The first-order valence-corrected chi connectivity index (χ1v) is 8.84. The molecule has 0 aliphatic heterocycles. The number of carbonyl (C=O) groups excluding carboxylic acids is 1. The lowest BCUT2D eigenvalue weighted by Crippen LogP contribution is -2.24. The van der Waals surface area contributed by atoms with Gasteiger partial charge in [0.1, 0.15) is 5.76 Å². The summed E-state index contributed by atoms with van der Waals surface area (Å²) in [5.41, 5.74) is 2.90. The number of thioether (sulfide) groups is 1. The lowest BCUT2D eigenvalue weighted by atomic mass is 10.3. The molecule has 24 heavy (non-hydrogen) atoms. The van der Waals surface area contributed by atoms with Crippen LogP contribution in [0.25, 0.3) is 11.0 Å². The molecule has 0 aliphatic carbocycles. The minimum atomic E-state index is -0.0665. The van der Waals surface area contributed by atoms with Crippen LogP contribution in [0.15, 0.2) is 33.8 Å². The molecule has 7 heteroatoms. The van der Waals surface area contributed by atoms with Crippen molar-refractivity contribution in [2.45, 2.75) is 39.0 Å². The van der Waals surface area contributed by atoms with Gasteiger partial charge in [-0.3, -0.25) is 4.79 Å². The van der Waals surface area contributed by atoms with Crippen molar-refractivity contribution in [1.82, 2.24) is 19.9 Å². The lowest BCUT2D eigenvalue weighted by Gasteiger charge is -2.05. The second-order valence-electron chi connectivity index (χ2n) is 5.44. The Morgan fingerprint density at radius 1 is 1.29 bits per heavy atom. The summed E-state index contributed by atoms with van der Waals surface area (Å²) in [7, 11) is 0. The highest BCUT2D eigenvalue weighted by Gasteiger charge is 2.12. The van der Waals surface area contributed by atoms with E-state index >= 15 is 0 Å². The third-order valence-corrected chi connectivity index (χ3v) is 4.75. The van der Waals surface area contributed by atoms with Crippen LogP contribution < -0.4 is 5.32 Å². The van der Waals surface area contributed by atoms with E-state index in [4.69, 9.17) is 4.42 Å². The molecule has 2 aromatic heterocycles. The minimum absolute atomic E-state index is 0.0665. The van der Waals surface area contributed by atoms with E-state index < -0.39 is 0 Å². The molecule has 0 spiro atoms. The summed E-state index contributed by atoms with van der Waals surface area (Å²) in [6, 6.07) is 8.00. The Kier molecular flexibility index (Phi) is 4.89. The van der Waals surface area contributed by atoms with Crippen LogP contribution in [0.4, 0.5) is 0 Å². The monoisotopic (exact) mass is 344 g/mol. The summed E-state index contributed by atoms with van der Waals surface area (Å²) in [4.78, 5) is 20.9. The summed E-state index contributed by atoms with van der Waals surface area (Å²) >= 11 is 1.44. The molecule has 0 atom stereocenters. The Hall–Kier alpha value is -2.28. The molecule has 0 saturated heterocycles. The predicted octanol–water partition coefficient (Wildman–Crippen LogP) is 3.07. The maximum absolute atomic E-state index is 12.1. The van der Waals surface area contributed by atoms with Crippen molar-refractivity contribution in [3.05, 3.63) is 41.6 Å². The van der Waals surface area contributed by atoms with E-state index in [0.717, 1.165) is 34.2 Å². The maximum atomic E-state index is 12.1. The second kappa shape index (κ2) is 7.09. The molecule has 0 unspecified atom stereocenters. The molecular formula is C17H20N4O2S. The van der Waals surface area contributed by atoms with E-state index in [1.165, 1.54) is 11.8 Å². The number of nitrogens with one attached hydrogen (secondary N) is 1. The van der Waals surface area contributed by atoms with Gasteiger partial charge in [-0.2, -0.15) is 0 Å². The number of aryl methyl sites for hydroxylation is 3. The smallest absolute Gasteiger partial charge is 0.230 e. The van der Waals surface area contributed by atoms with Gasteiger partial charge in [-0.05, 0) is 32.9 Å². The van der Waals surface area contributed by atoms with Crippen molar-refractivity contribution in [2.24, 2.45) is 0 Å². The van der Waals surface area contributed by atoms with Gasteiger partial charge < -0.3 is 14.3 Å². The van der Waals surface area contributed by atoms with Gasteiger partial charge in [-0.1, -0.05) is 23.9 Å². The number of hydrogen-bond donors (Lipinski definition) is 1. The summed E-state index contributed by atoms with van der Waals surface area (Å²) < 4.78 is 7.57. The second-order valence-corrected chi connectivity index (χ2v) is 6.38. The van der Waals surface area contributed by atoms with Gasteiger partial charge in [0.15, 0.2) is 5.16 Å². The number of aromatic nitrogens is 3. The molecule has 0 fully saturated rings. The van der Waals surface area contributed by atoms with Gasteiger partial charge in [-0.25, -0.2) is 9.97 Å². The number of amides is 1. The van der Waals surface area contributed by atoms with E-state index in [0.29, 0.717) is 18.2 Å². The molecule has 126 valence electrons. The average Bonchev–Trinajstić information content (AvgIpc) is 3.10. The third kappa shape index (κ3) is 3.46. The van der Waals surface area contributed by atoms with Gasteiger partial charge in [0.05, 0.1) is 29.0 Å². The van der Waals surface area contributed by atoms with E-state index in [2.05, 4.69) is 26.8 Å². The van der Waals surface area contributed by atoms with Crippen molar-refractivity contribution >= 4 is 28.7 Å². The zero-order valence-electron chi connectivity index (χ0n) is 14.0. The Bertz CT molecular complexity index is 849. The molecule has 1 N–H and O–H groups in total. The van der Waals surface area contributed by atoms with Gasteiger partial charge in [-0.15, -0.1) is 0 Å². The van der Waals surface area contributed by atoms with Gasteiger partial charge in [0.25, 0.3) is 0 Å². The minimum Gasteiger partial charge on any atom is -0.444 e. The summed E-state index contributed by atoms with van der Waals surface area (Å²) in [5.74, 6) is 1.56. The zero-order valence-corrected chi connectivity index (χ0v) is 14.8. The highest BCUT2D eigenvalue weighted by atomic mass is 32.2. The Morgan fingerprint density at radius 2 is 2.08 bits per heavy atom. The Balaban J connectivity index is 1.60. The molecule has 1 aromatic carbocycles. The van der Waals surface area contributed by atoms with Crippen LogP contribution in [0.5, 0.6) is 0 Å². The van der Waals surface area contributed by atoms with Crippen molar-refractivity contribution < 1.29 is 9.21 Å². The molecule has 0 saturated carbocycles. The summed E-state index contributed by atoms with van der Waals surface area (Å²) in [6.07, 6.45) is 0. The van der Waals surface area contributed by atoms with Gasteiger partial charge >= 0.3 is 0 Å². The van der Waals surface area contributed by atoms with Crippen LogP contribution in [0, 0.1) is 13.8 Å². The van der Waals surface area contributed by atoms with E-state index in [1.807, 2.05) is 38.1 Å². The molecule has 6 nitrogen and oxygen atoms in total. The number of rotatable bonds is 6. The number of imidazole rings is 1. The highest BCUT2D eigenvalue weighted by Crippen LogP contribution is 2.23. The van der Waals surface area contributed by atoms with E-state index in [1.54, 1.807) is 0 Å². The maximum Gasteiger partial charge on any atom is 0.230 e. The Labute approximate surface area is 144 Å². The third-order valence-electron chi connectivity index (χ3n) is 3.78. The summed E-state index contributed by atoms with van der Waals surface area (Å²) in [5, 5.41) is 3.69. The number of benzene rings is 1. The number of para-hydroxylation sites is 2. The molecule has 3 aromatic rings. The van der Waals surface area contributed by atoms with Crippen LogP contribution in [0.3, 0.4) is 0 Å². The Morgan fingerprint density at radius 3 is 2.79 bits per heavy atom. The molecule has 0 bridgehead atoms. The van der Waals surface area contributed by atoms with Gasteiger partial charge in [0.2, 0.25) is 11.8 Å². The van der Waals surface area contributed by atoms with Crippen molar-refractivity contribution in [2.75, 3.05) is 5.75 Å². The number of hydrogen-bond acceptors (Lipinski definition) is 5. The van der Waals surface area contributed by atoms with Crippen LogP contribution in [-0.4, -0.2) is 26.2 Å². The van der Waals surface area contributed by atoms with Crippen molar-refractivity contribution in [3.63, 3.8) is 0 Å². The van der Waals surface area contributed by atoms with E-state index in [-0.39, 0.29) is 5.91 Å². The fraction of sp³-hybridized carbons (Fsp3) is 0.353. The fourth-order valence-electron chi connectivity index (χ4n) is 2.44. The number of fused-ring (bicyclic) bond motifs is 1. The number of carbonyl (C=O) groups is 1. The van der Waals surface area contributed by atoms with Gasteiger partial charge in [0, 0.05) is 6.54 Å².